The monoisotopic (exact) mass is 396 g/mol. The van der Waals surface area contributed by atoms with Crippen LogP contribution in [0.2, 0.25) is 0 Å². The third-order valence-corrected chi connectivity index (χ3v) is 8.12. The molecule has 0 radical (unpaired) electrons. The molecule has 0 N–H and O–H groups in total. The molecular formula is C24H28O5. The molecular weight excluding hydrogens is 368 g/mol. The number of hydrogen-bond acceptors (Lipinski definition) is 5. The van der Waals surface area contributed by atoms with Gasteiger partial charge in [-0.15, -0.1) is 0 Å². The molecule has 5 rings (SSSR count). The summed E-state index contributed by atoms with van der Waals surface area (Å²) in [5.74, 6) is -1.49. The second kappa shape index (κ2) is 6.00. The van der Waals surface area contributed by atoms with Crippen LogP contribution < -0.4 is 0 Å². The number of cyclic esters (lactones) is 2. The minimum atomic E-state index is -0.515. The zero-order valence-corrected chi connectivity index (χ0v) is 17.4. The van der Waals surface area contributed by atoms with Crippen molar-refractivity contribution < 1.29 is 23.9 Å². The zero-order chi connectivity index (χ0) is 20.7. The lowest BCUT2D eigenvalue weighted by Crippen LogP contribution is -2.52. The van der Waals surface area contributed by atoms with Gasteiger partial charge in [0.25, 0.3) is 0 Å². The van der Waals surface area contributed by atoms with E-state index in [1.165, 1.54) is 0 Å². The van der Waals surface area contributed by atoms with Crippen molar-refractivity contribution >= 4 is 17.7 Å². The Bertz CT molecular complexity index is 906. The lowest BCUT2D eigenvalue weighted by Gasteiger charge is -2.55. The average molecular weight is 396 g/mol. The molecule has 5 aliphatic rings. The van der Waals surface area contributed by atoms with Gasteiger partial charge in [0.1, 0.15) is 11.8 Å². The predicted octanol–water partition coefficient (Wildman–Crippen LogP) is 3.54. The predicted molar refractivity (Wildman–Crippen MR) is 105 cm³/mol. The quantitative estimate of drug-likeness (QED) is 0.527. The van der Waals surface area contributed by atoms with Crippen LogP contribution in [0.25, 0.3) is 0 Å². The summed E-state index contributed by atoms with van der Waals surface area (Å²) in [6.45, 7) is 8.75. The van der Waals surface area contributed by atoms with Crippen molar-refractivity contribution in [2.75, 3.05) is 0 Å². The Labute approximate surface area is 171 Å². The molecule has 7 atom stereocenters. The highest BCUT2D eigenvalue weighted by molar-refractivity contribution is 5.98. The summed E-state index contributed by atoms with van der Waals surface area (Å²) in [5, 5.41) is 0. The van der Waals surface area contributed by atoms with Crippen molar-refractivity contribution in [3.63, 3.8) is 0 Å². The van der Waals surface area contributed by atoms with Crippen LogP contribution in [0.5, 0.6) is 0 Å². The SMILES string of the molecule is CC1=CC(=O)[C@H]2C(C)(C)CCC[C@]2(C)[C@H]1/C=C/C1=C[C@H]2O[C@H]1[C@H]1C(=O)OC(=O)[C@H]12. The van der Waals surface area contributed by atoms with Crippen LogP contribution in [0.15, 0.2) is 35.5 Å². The van der Waals surface area contributed by atoms with Crippen molar-refractivity contribution in [1.29, 1.82) is 0 Å². The van der Waals surface area contributed by atoms with E-state index >= 15 is 0 Å². The number of carbonyl (C=O) groups excluding carboxylic acids is 3. The maximum atomic E-state index is 12.9. The van der Waals surface area contributed by atoms with Crippen LogP contribution in [-0.2, 0) is 23.9 Å². The number of allylic oxidation sites excluding steroid dienone is 3. The lowest BCUT2D eigenvalue weighted by molar-refractivity contribution is -0.156. The van der Waals surface area contributed by atoms with Crippen molar-refractivity contribution in [3.05, 3.63) is 35.5 Å². The van der Waals surface area contributed by atoms with Gasteiger partial charge in [0.2, 0.25) is 0 Å². The number of fused-ring (bicyclic) bond motifs is 6. The highest BCUT2D eigenvalue weighted by Gasteiger charge is 2.61. The standard InChI is InChI=1S/C24H28O5/c1-12-10-15(25)20-23(2,3)8-5-9-24(20,4)14(12)7-6-13-11-16-17-18(19(13)28-16)22(27)29-21(17)26/h6-7,10-11,14,16-20H,5,8-9H2,1-4H3/b7-6+/t14-,16+,17-,18-,19+,20-,24+/m0/s1. The second-order valence-electron chi connectivity index (χ2n) is 10.4. The van der Waals surface area contributed by atoms with E-state index in [4.69, 9.17) is 9.47 Å². The molecule has 5 heteroatoms. The molecule has 0 amide bonds. The fourth-order valence-corrected chi connectivity index (χ4v) is 7.03. The summed E-state index contributed by atoms with van der Waals surface area (Å²) < 4.78 is 10.7. The molecule has 3 heterocycles. The number of ketones is 1. The van der Waals surface area contributed by atoms with Crippen molar-refractivity contribution in [3.8, 4) is 0 Å². The van der Waals surface area contributed by atoms with Gasteiger partial charge in [0, 0.05) is 11.8 Å². The maximum Gasteiger partial charge on any atom is 0.320 e. The van der Waals surface area contributed by atoms with E-state index < -0.39 is 29.9 Å². The Balaban J connectivity index is 1.46. The lowest BCUT2D eigenvalue weighted by atomic mass is 9.48. The van der Waals surface area contributed by atoms with Gasteiger partial charge in [0.15, 0.2) is 5.78 Å². The third kappa shape index (κ3) is 2.52. The first-order valence-corrected chi connectivity index (χ1v) is 10.7. The van der Waals surface area contributed by atoms with Gasteiger partial charge in [-0.3, -0.25) is 14.4 Å². The average Bonchev–Trinajstić information content (AvgIpc) is 3.25. The summed E-state index contributed by atoms with van der Waals surface area (Å²) in [5.41, 5.74) is 1.92. The molecule has 0 aromatic carbocycles. The number of rotatable bonds is 2. The largest absolute Gasteiger partial charge is 0.393 e. The first-order chi connectivity index (χ1) is 13.6. The Morgan fingerprint density at radius 3 is 2.55 bits per heavy atom. The molecule has 1 saturated carbocycles. The summed E-state index contributed by atoms with van der Waals surface area (Å²) >= 11 is 0. The number of ether oxygens (including phenoxy) is 2. The summed E-state index contributed by atoms with van der Waals surface area (Å²) in [6.07, 6.45) is 10.5. The molecule has 0 aromatic rings. The second-order valence-corrected chi connectivity index (χ2v) is 10.4. The van der Waals surface area contributed by atoms with Crippen molar-refractivity contribution in [2.24, 2.45) is 34.5 Å². The van der Waals surface area contributed by atoms with Crippen LogP contribution in [0.1, 0.15) is 47.0 Å². The molecule has 2 bridgehead atoms. The van der Waals surface area contributed by atoms with Gasteiger partial charge < -0.3 is 9.47 Å². The first-order valence-electron chi connectivity index (χ1n) is 10.7. The van der Waals surface area contributed by atoms with Gasteiger partial charge in [0.05, 0.1) is 12.2 Å². The third-order valence-electron chi connectivity index (χ3n) is 8.12. The van der Waals surface area contributed by atoms with Crippen LogP contribution in [0, 0.1) is 34.5 Å². The Morgan fingerprint density at radius 2 is 1.79 bits per heavy atom. The first kappa shape index (κ1) is 19.0. The van der Waals surface area contributed by atoms with E-state index in [9.17, 15) is 14.4 Å². The molecule has 154 valence electrons. The minimum absolute atomic E-state index is 0.0105. The number of carbonyl (C=O) groups is 3. The van der Waals surface area contributed by atoms with E-state index in [-0.39, 0.29) is 34.6 Å². The molecule has 29 heavy (non-hydrogen) atoms. The fraction of sp³-hybridized carbons (Fsp3) is 0.625. The molecule has 5 nitrogen and oxygen atoms in total. The summed E-state index contributed by atoms with van der Waals surface area (Å²) in [4.78, 5) is 36.9. The fourth-order valence-electron chi connectivity index (χ4n) is 7.03. The van der Waals surface area contributed by atoms with E-state index in [2.05, 4.69) is 32.9 Å². The van der Waals surface area contributed by atoms with Crippen molar-refractivity contribution in [1.82, 2.24) is 0 Å². The van der Waals surface area contributed by atoms with Crippen LogP contribution >= 0.6 is 0 Å². The Morgan fingerprint density at radius 1 is 1.07 bits per heavy atom. The summed E-state index contributed by atoms with van der Waals surface area (Å²) in [6, 6.07) is 0. The van der Waals surface area contributed by atoms with Gasteiger partial charge >= 0.3 is 11.9 Å². The Hall–Kier alpha value is -2.01. The summed E-state index contributed by atoms with van der Waals surface area (Å²) in [7, 11) is 0. The van der Waals surface area contributed by atoms with E-state index in [0.717, 1.165) is 30.4 Å². The smallest absolute Gasteiger partial charge is 0.320 e. The van der Waals surface area contributed by atoms with Gasteiger partial charge in [-0.25, -0.2) is 0 Å². The number of esters is 2. The zero-order valence-electron chi connectivity index (χ0n) is 17.4. The molecule has 3 aliphatic heterocycles. The van der Waals surface area contributed by atoms with Crippen molar-refractivity contribution in [2.45, 2.75) is 59.2 Å². The van der Waals surface area contributed by atoms with E-state index in [1.54, 1.807) is 0 Å². The topological polar surface area (TPSA) is 69.7 Å². The van der Waals surface area contributed by atoms with E-state index in [0.29, 0.717) is 0 Å². The van der Waals surface area contributed by atoms with Crippen LogP contribution in [0.4, 0.5) is 0 Å². The molecule has 0 spiro atoms. The normalized spacial score (nSPS) is 45.2. The maximum absolute atomic E-state index is 12.9. The molecule has 2 aliphatic carbocycles. The highest BCUT2D eigenvalue weighted by Crippen LogP contribution is 2.59. The Kier molecular flexibility index (Phi) is 3.93. The van der Waals surface area contributed by atoms with Gasteiger partial charge in [-0.1, -0.05) is 44.9 Å². The van der Waals surface area contributed by atoms with Gasteiger partial charge in [-0.05, 0) is 48.3 Å². The van der Waals surface area contributed by atoms with Gasteiger partial charge in [-0.2, -0.15) is 0 Å². The molecule has 0 aromatic heterocycles. The van der Waals surface area contributed by atoms with Crippen LogP contribution in [0.3, 0.4) is 0 Å². The molecule has 2 saturated heterocycles. The molecule has 0 unspecified atom stereocenters. The minimum Gasteiger partial charge on any atom is -0.393 e. The van der Waals surface area contributed by atoms with Crippen LogP contribution in [-0.4, -0.2) is 29.9 Å². The highest BCUT2D eigenvalue weighted by atomic mass is 16.6. The van der Waals surface area contributed by atoms with E-state index in [1.807, 2.05) is 19.1 Å². The molecule has 3 fully saturated rings. The number of hydrogen-bond donors (Lipinski definition) is 0.